The van der Waals surface area contributed by atoms with Crippen LogP contribution in [-0.2, 0) is 0 Å². The summed E-state index contributed by atoms with van der Waals surface area (Å²) in [6, 6.07) is 8.74. The summed E-state index contributed by atoms with van der Waals surface area (Å²) in [7, 11) is 0. The van der Waals surface area contributed by atoms with E-state index in [0.717, 1.165) is 25.0 Å². The van der Waals surface area contributed by atoms with Gasteiger partial charge in [-0.3, -0.25) is 0 Å². The van der Waals surface area contributed by atoms with Crippen molar-refractivity contribution in [2.75, 3.05) is 0 Å². The second-order valence-electron chi connectivity index (χ2n) is 5.52. The van der Waals surface area contributed by atoms with E-state index in [4.69, 9.17) is 10.00 Å². The third-order valence-corrected chi connectivity index (χ3v) is 3.69. The van der Waals surface area contributed by atoms with Crippen molar-refractivity contribution < 1.29 is 4.74 Å². The minimum Gasteiger partial charge on any atom is -0.489 e. The second kappa shape index (κ2) is 5.44. The summed E-state index contributed by atoms with van der Waals surface area (Å²) < 4.78 is 6.13. The predicted molar refractivity (Wildman–Crippen MR) is 72.6 cm³/mol. The number of nitrogens with zero attached hydrogens (tertiary/aromatic N) is 1. The summed E-state index contributed by atoms with van der Waals surface area (Å²) in [5.41, 5.74) is 2.45. The van der Waals surface area contributed by atoms with Crippen molar-refractivity contribution in [1.29, 1.82) is 5.26 Å². The van der Waals surface area contributed by atoms with Gasteiger partial charge in [-0.25, -0.2) is 0 Å². The second-order valence-corrected chi connectivity index (χ2v) is 5.52. The van der Waals surface area contributed by atoms with Crippen LogP contribution in [0.3, 0.4) is 0 Å². The molecule has 0 radical (unpaired) electrons. The first-order chi connectivity index (χ1) is 8.61. The Kier molecular flexibility index (Phi) is 3.91. The average Bonchev–Trinajstić information content (AvgIpc) is 2.76. The molecule has 96 valence electrons. The molecule has 2 rings (SSSR count). The lowest BCUT2D eigenvalue weighted by molar-refractivity contribution is 0.180. The van der Waals surface area contributed by atoms with E-state index in [-0.39, 0.29) is 12.0 Å². The Hall–Kier alpha value is -1.49. The number of nitriles is 1. The Balaban J connectivity index is 2.22. The highest BCUT2D eigenvalue weighted by Gasteiger charge is 2.29. The van der Waals surface area contributed by atoms with Crippen molar-refractivity contribution in [3.8, 4) is 11.8 Å². The van der Waals surface area contributed by atoms with Gasteiger partial charge in [-0.1, -0.05) is 26.0 Å². The van der Waals surface area contributed by atoms with Crippen molar-refractivity contribution in [2.24, 2.45) is 5.92 Å². The van der Waals surface area contributed by atoms with Gasteiger partial charge in [0.25, 0.3) is 0 Å². The Morgan fingerprint density at radius 1 is 1.33 bits per heavy atom. The predicted octanol–water partition coefficient (Wildman–Crippen LogP) is 4.19. The van der Waals surface area contributed by atoms with Crippen molar-refractivity contribution in [3.63, 3.8) is 0 Å². The van der Waals surface area contributed by atoms with E-state index in [1.54, 1.807) is 0 Å². The molecular weight excluding hydrogens is 222 g/mol. The van der Waals surface area contributed by atoms with Gasteiger partial charge in [0.1, 0.15) is 11.9 Å². The van der Waals surface area contributed by atoms with Gasteiger partial charge in [0.2, 0.25) is 0 Å². The number of benzene rings is 1. The zero-order chi connectivity index (χ0) is 13.1. The maximum absolute atomic E-state index is 9.12. The van der Waals surface area contributed by atoms with E-state index in [0.29, 0.717) is 5.92 Å². The molecule has 2 unspecified atom stereocenters. The molecule has 0 amide bonds. The molecule has 1 aromatic rings. The molecule has 1 fully saturated rings. The van der Waals surface area contributed by atoms with Crippen LogP contribution in [-0.4, -0.2) is 6.10 Å². The van der Waals surface area contributed by atoms with Gasteiger partial charge in [-0.05, 0) is 49.3 Å². The van der Waals surface area contributed by atoms with Crippen LogP contribution < -0.4 is 4.74 Å². The van der Waals surface area contributed by atoms with Gasteiger partial charge in [-0.2, -0.15) is 5.26 Å². The lowest BCUT2D eigenvalue weighted by atomic mass is 10.00. The number of ether oxygens (including phenoxy) is 1. The Bertz CT molecular complexity index is 459. The molecule has 1 aliphatic rings. The van der Waals surface area contributed by atoms with Gasteiger partial charge < -0.3 is 4.74 Å². The topological polar surface area (TPSA) is 33.0 Å². The Labute approximate surface area is 110 Å². The molecule has 0 aromatic heterocycles. The zero-order valence-corrected chi connectivity index (χ0v) is 11.4. The smallest absolute Gasteiger partial charge is 0.123 e. The number of hydrogen-bond donors (Lipinski definition) is 0. The first-order valence-corrected chi connectivity index (χ1v) is 6.78. The van der Waals surface area contributed by atoms with E-state index >= 15 is 0 Å². The van der Waals surface area contributed by atoms with E-state index in [2.05, 4.69) is 45.0 Å². The molecule has 2 atom stereocenters. The van der Waals surface area contributed by atoms with Crippen LogP contribution >= 0.6 is 0 Å². The van der Waals surface area contributed by atoms with Gasteiger partial charge in [0.15, 0.2) is 0 Å². The van der Waals surface area contributed by atoms with Crippen molar-refractivity contribution >= 4 is 0 Å². The van der Waals surface area contributed by atoms with Gasteiger partial charge in [-0.15, -0.1) is 0 Å². The summed E-state index contributed by atoms with van der Waals surface area (Å²) in [5.74, 6) is 1.48. The summed E-state index contributed by atoms with van der Waals surface area (Å²) in [6.07, 6.45) is 3.16. The van der Waals surface area contributed by atoms with E-state index < -0.39 is 0 Å². The summed E-state index contributed by atoms with van der Waals surface area (Å²) in [6.45, 7) is 6.43. The van der Waals surface area contributed by atoms with Gasteiger partial charge in [0, 0.05) is 0 Å². The molecule has 2 nitrogen and oxygen atoms in total. The van der Waals surface area contributed by atoms with Crippen molar-refractivity contribution in [1.82, 2.24) is 0 Å². The molecule has 18 heavy (non-hydrogen) atoms. The molecule has 0 aliphatic heterocycles. The molecule has 0 N–H and O–H groups in total. The molecule has 0 heterocycles. The van der Waals surface area contributed by atoms with E-state index in [1.807, 2.05) is 0 Å². The third-order valence-electron chi connectivity index (χ3n) is 3.69. The van der Waals surface area contributed by atoms with Gasteiger partial charge in [0.05, 0.1) is 12.0 Å². The minimum absolute atomic E-state index is 0.0607. The van der Waals surface area contributed by atoms with Crippen LogP contribution in [0.1, 0.15) is 50.2 Å². The highest BCUT2D eigenvalue weighted by molar-refractivity contribution is 5.39. The SMILES string of the molecule is Cc1ccc(C(C)C)c(OC2CCCC2C#N)c1. The van der Waals surface area contributed by atoms with Crippen LogP contribution in [0.25, 0.3) is 0 Å². The van der Waals surface area contributed by atoms with Crippen LogP contribution in [0, 0.1) is 24.2 Å². The van der Waals surface area contributed by atoms with Crippen LogP contribution in [0.5, 0.6) is 5.75 Å². The molecule has 1 saturated carbocycles. The molecule has 0 bridgehead atoms. The highest BCUT2D eigenvalue weighted by atomic mass is 16.5. The monoisotopic (exact) mass is 243 g/mol. The van der Waals surface area contributed by atoms with Crippen LogP contribution in [0.4, 0.5) is 0 Å². The standard InChI is InChI=1S/C16H21NO/c1-11(2)14-8-7-12(3)9-16(14)18-15-6-4-5-13(15)10-17/h7-9,11,13,15H,4-6H2,1-3H3. The summed E-state index contributed by atoms with van der Waals surface area (Å²) in [4.78, 5) is 0. The Morgan fingerprint density at radius 3 is 2.78 bits per heavy atom. The molecule has 1 aliphatic carbocycles. The van der Waals surface area contributed by atoms with Crippen molar-refractivity contribution in [3.05, 3.63) is 29.3 Å². The first kappa shape index (κ1) is 13.0. The third kappa shape index (κ3) is 2.67. The zero-order valence-electron chi connectivity index (χ0n) is 11.4. The molecule has 0 saturated heterocycles. The molecule has 1 aromatic carbocycles. The van der Waals surface area contributed by atoms with Gasteiger partial charge >= 0.3 is 0 Å². The van der Waals surface area contributed by atoms with E-state index in [9.17, 15) is 0 Å². The quantitative estimate of drug-likeness (QED) is 0.797. The summed E-state index contributed by atoms with van der Waals surface area (Å²) in [5, 5.41) is 9.12. The lowest BCUT2D eigenvalue weighted by Crippen LogP contribution is -2.21. The fourth-order valence-corrected chi connectivity index (χ4v) is 2.60. The molecule has 0 spiro atoms. The molecule has 2 heteroatoms. The van der Waals surface area contributed by atoms with Crippen molar-refractivity contribution in [2.45, 2.75) is 52.1 Å². The fraction of sp³-hybridized carbons (Fsp3) is 0.562. The highest BCUT2D eigenvalue weighted by Crippen LogP contribution is 2.33. The average molecular weight is 243 g/mol. The maximum atomic E-state index is 9.12. The number of hydrogen-bond acceptors (Lipinski definition) is 2. The first-order valence-electron chi connectivity index (χ1n) is 6.78. The lowest BCUT2D eigenvalue weighted by Gasteiger charge is -2.21. The largest absolute Gasteiger partial charge is 0.489 e. The van der Waals surface area contributed by atoms with Crippen LogP contribution in [0.15, 0.2) is 18.2 Å². The number of rotatable bonds is 3. The van der Waals surface area contributed by atoms with Crippen LogP contribution in [0.2, 0.25) is 0 Å². The fourth-order valence-electron chi connectivity index (χ4n) is 2.60. The molecular formula is C16H21NO. The normalized spacial score (nSPS) is 23.1. The van der Waals surface area contributed by atoms with E-state index in [1.165, 1.54) is 11.1 Å². The summed E-state index contributed by atoms with van der Waals surface area (Å²) >= 11 is 0. The minimum atomic E-state index is 0.0607. The Morgan fingerprint density at radius 2 is 2.11 bits per heavy atom. The maximum Gasteiger partial charge on any atom is 0.123 e. The number of aryl methyl sites for hydroxylation is 1.